The van der Waals surface area contributed by atoms with Gasteiger partial charge in [0.05, 0.1) is 0 Å². The monoisotopic (exact) mass is 409 g/mol. The summed E-state index contributed by atoms with van der Waals surface area (Å²) in [4.78, 5) is 7.34. The fourth-order valence-corrected chi connectivity index (χ4v) is 2.03. The van der Waals surface area contributed by atoms with Crippen molar-refractivity contribution in [2.75, 3.05) is 11.9 Å². The molecule has 0 unspecified atom stereocenters. The second kappa shape index (κ2) is 6.46. The summed E-state index contributed by atoms with van der Waals surface area (Å²) in [6, 6.07) is 7.71. The van der Waals surface area contributed by atoms with Crippen molar-refractivity contribution in [2.45, 2.75) is 13.1 Å². The molecule has 2 rings (SSSR count). The maximum absolute atomic E-state index is 12.8. The number of hydrogen-bond donors (Lipinski definition) is 1. The van der Waals surface area contributed by atoms with Crippen LogP contribution in [0.2, 0.25) is 0 Å². The second-order valence-electron chi connectivity index (χ2n) is 4.00. The van der Waals surface area contributed by atoms with Crippen LogP contribution in [0.15, 0.2) is 30.3 Å². The van der Waals surface area contributed by atoms with Crippen molar-refractivity contribution in [1.29, 1.82) is 0 Å². The van der Waals surface area contributed by atoms with E-state index in [1.165, 1.54) is 0 Å². The van der Waals surface area contributed by atoms with Gasteiger partial charge >= 0.3 is 6.18 Å². The molecular formula is C13H11F3IN3O. The maximum atomic E-state index is 12.8. The van der Waals surface area contributed by atoms with Gasteiger partial charge in [0, 0.05) is 16.2 Å². The van der Waals surface area contributed by atoms with Crippen molar-refractivity contribution in [3.63, 3.8) is 0 Å². The number of halogens is 4. The highest BCUT2D eigenvalue weighted by molar-refractivity contribution is 14.1. The third-order valence-corrected chi connectivity index (χ3v) is 3.02. The summed E-state index contributed by atoms with van der Waals surface area (Å²) in [7, 11) is 0. The summed E-state index contributed by atoms with van der Waals surface area (Å²) < 4.78 is 44.7. The smallest absolute Gasteiger partial charge is 0.433 e. The number of rotatable bonds is 4. The average Bonchev–Trinajstić information content (AvgIpc) is 2.37. The average molecular weight is 409 g/mol. The van der Waals surface area contributed by atoms with E-state index in [2.05, 4.69) is 37.9 Å². The second-order valence-corrected chi connectivity index (χ2v) is 5.25. The summed E-state index contributed by atoms with van der Waals surface area (Å²) >= 11 is 2.08. The zero-order valence-electron chi connectivity index (χ0n) is 10.9. The molecule has 0 atom stereocenters. The van der Waals surface area contributed by atoms with Gasteiger partial charge in [-0.3, -0.25) is 0 Å². The molecule has 21 heavy (non-hydrogen) atoms. The van der Waals surface area contributed by atoms with Gasteiger partial charge in [0.2, 0.25) is 11.8 Å². The Labute approximate surface area is 132 Å². The van der Waals surface area contributed by atoms with E-state index in [4.69, 9.17) is 4.74 Å². The number of hydrogen-bond acceptors (Lipinski definition) is 4. The number of nitrogens with one attached hydrogen (secondary N) is 1. The molecule has 0 amide bonds. The Balaban J connectivity index is 2.35. The molecule has 0 aliphatic rings. The minimum absolute atomic E-state index is 0.118. The highest BCUT2D eigenvalue weighted by Crippen LogP contribution is 2.31. The first-order chi connectivity index (χ1) is 9.88. The van der Waals surface area contributed by atoms with Crippen LogP contribution in [0.25, 0.3) is 0 Å². The van der Waals surface area contributed by atoms with Crippen LogP contribution in [0.1, 0.15) is 12.6 Å². The van der Waals surface area contributed by atoms with Gasteiger partial charge in [-0.05, 0) is 47.7 Å². The largest absolute Gasteiger partial charge is 0.439 e. The Kier molecular flexibility index (Phi) is 4.86. The lowest BCUT2D eigenvalue weighted by Crippen LogP contribution is -2.12. The molecule has 112 valence electrons. The molecule has 8 heteroatoms. The maximum Gasteiger partial charge on any atom is 0.433 e. The third-order valence-electron chi connectivity index (χ3n) is 2.35. The summed E-state index contributed by atoms with van der Waals surface area (Å²) in [6.45, 7) is 2.15. The van der Waals surface area contributed by atoms with Gasteiger partial charge in [0.25, 0.3) is 0 Å². The molecule has 0 bridgehead atoms. The first kappa shape index (κ1) is 15.8. The van der Waals surface area contributed by atoms with Crippen LogP contribution < -0.4 is 10.1 Å². The van der Waals surface area contributed by atoms with Crippen molar-refractivity contribution >= 4 is 28.5 Å². The summed E-state index contributed by atoms with van der Waals surface area (Å²) in [5, 5.41) is 2.65. The molecule has 0 saturated carbocycles. The zero-order valence-corrected chi connectivity index (χ0v) is 13.1. The lowest BCUT2D eigenvalue weighted by Gasteiger charge is -2.11. The quantitative estimate of drug-likeness (QED) is 0.765. The van der Waals surface area contributed by atoms with Gasteiger partial charge in [0.1, 0.15) is 5.75 Å². The van der Waals surface area contributed by atoms with Gasteiger partial charge < -0.3 is 10.1 Å². The van der Waals surface area contributed by atoms with Gasteiger partial charge in [-0.2, -0.15) is 18.2 Å². The Morgan fingerprint density at radius 3 is 2.62 bits per heavy atom. The van der Waals surface area contributed by atoms with Gasteiger partial charge in [-0.15, -0.1) is 0 Å². The lowest BCUT2D eigenvalue weighted by atomic mass is 10.3. The molecule has 1 N–H and O–H groups in total. The van der Waals surface area contributed by atoms with E-state index in [9.17, 15) is 13.2 Å². The lowest BCUT2D eigenvalue weighted by molar-refractivity contribution is -0.141. The third kappa shape index (κ3) is 4.45. The number of aromatic nitrogens is 2. The van der Waals surface area contributed by atoms with Crippen LogP contribution in [0.4, 0.5) is 19.1 Å². The molecule has 2 aromatic rings. The Hall–Kier alpha value is -1.58. The number of ether oxygens (including phenoxy) is 1. The van der Waals surface area contributed by atoms with Crippen LogP contribution in [0.5, 0.6) is 11.6 Å². The van der Waals surface area contributed by atoms with Crippen LogP contribution >= 0.6 is 22.6 Å². The van der Waals surface area contributed by atoms with E-state index in [-0.39, 0.29) is 11.8 Å². The van der Waals surface area contributed by atoms with Gasteiger partial charge in [-0.1, -0.05) is 6.07 Å². The molecule has 1 aromatic carbocycles. The number of benzene rings is 1. The highest BCUT2D eigenvalue weighted by atomic mass is 127. The first-order valence-electron chi connectivity index (χ1n) is 6.02. The van der Waals surface area contributed by atoms with E-state index >= 15 is 0 Å². The van der Waals surface area contributed by atoms with Gasteiger partial charge in [-0.25, -0.2) is 4.98 Å². The molecule has 0 aliphatic heterocycles. The summed E-state index contributed by atoms with van der Waals surface area (Å²) in [5.41, 5.74) is -1.05. The van der Waals surface area contributed by atoms with Crippen LogP contribution in [-0.2, 0) is 6.18 Å². The fourth-order valence-electron chi connectivity index (χ4n) is 1.51. The number of anilines is 1. The first-order valence-corrected chi connectivity index (χ1v) is 7.10. The SMILES string of the molecule is CCNc1nc(Oc2cccc(I)c2)cc(C(F)(F)F)n1. The minimum atomic E-state index is -4.56. The normalized spacial score (nSPS) is 11.3. The van der Waals surface area contributed by atoms with Crippen LogP contribution in [-0.4, -0.2) is 16.5 Å². The highest BCUT2D eigenvalue weighted by Gasteiger charge is 2.34. The minimum Gasteiger partial charge on any atom is -0.439 e. The molecule has 0 aliphatic carbocycles. The molecular weight excluding hydrogens is 398 g/mol. The number of nitrogens with zero attached hydrogens (tertiary/aromatic N) is 2. The summed E-state index contributed by atoms with van der Waals surface area (Å²) in [5.74, 6) is 0.138. The Bertz CT molecular complexity index is 634. The topological polar surface area (TPSA) is 47.0 Å². The van der Waals surface area contributed by atoms with Crippen molar-refractivity contribution in [2.24, 2.45) is 0 Å². The molecule has 0 saturated heterocycles. The standard InChI is InChI=1S/C13H11F3IN3O/c1-2-18-12-19-10(13(14,15)16)7-11(20-12)21-9-5-3-4-8(17)6-9/h3-7H,2H2,1H3,(H,18,19,20). The Morgan fingerprint density at radius 1 is 1.24 bits per heavy atom. The van der Waals surface area contributed by atoms with E-state index in [1.54, 1.807) is 25.1 Å². The number of alkyl halides is 3. The molecule has 4 nitrogen and oxygen atoms in total. The van der Waals surface area contributed by atoms with E-state index in [0.29, 0.717) is 12.3 Å². The van der Waals surface area contributed by atoms with Crippen LogP contribution in [0.3, 0.4) is 0 Å². The van der Waals surface area contributed by atoms with Gasteiger partial charge in [0.15, 0.2) is 5.69 Å². The molecule has 0 spiro atoms. The molecule has 0 fully saturated rings. The fraction of sp³-hybridized carbons (Fsp3) is 0.231. The summed E-state index contributed by atoms with van der Waals surface area (Å²) in [6.07, 6.45) is -4.56. The van der Waals surface area contributed by atoms with E-state index in [1.807, 2.05) is 6.07 Å². The Morgan fingerprint density at radius 2 is 2.00 bits per heavy atom. The van der Waals surface area contributed by atoms with Crippen LogP contribution in [0, 0.1) is 3.57 Å². The van der Waals surface area contributed by atoms with Crippen molar-refractivity contribution in [1.82, 2.24) is 9.97 Å². The molecule has 1 heterocycles. The van der Waals surface area contributed by atoms with Crippen molar-refractivity contribution in [3.05, 3.63) is 39.6 Å². The zero-order chi connectivity index (χ0) is 15.5. The van der Waals surface area contributed by atoms with E-state index in [0.717, 1.165) is 9.64 Å². The van der Waals surface area contributed by atoms with Crippen molar-refractivity contribution in [3.8, 4) is 11.6 Å². The molecule has 0 radical (unpaired) electrons. The van der Waals surface area contributed by atoms with Crippen molar-refractivity contribution < 1.29 is 17.9 Å². The van der Waals surface area contributed by atoms with E-state index < -0.39 is 11.9 Å². The molecule has 1 aromatic heterocycles. The predicted molar refractivity (Wildman–Crippen MR) is 80.4 cm³/mol. The predicted octanol–water partition coefficient (Wildman–Crippen LogP) is 4.32.